The maximum atomic E-state index is 12.2. The Morgan fingerprint density at radius 1 is 1.19 bits per heavy atom. The fourth-order valence-corrected chi connectivity index (χ4v) is 3.39. The summed E-state index contributed by atoms with van der Waals surface area (Å²) in [5, 5.41) is 3.80. The van der Waals surface area contributed by atoms with Crippen molar-refractivity contribution in [3.8, 4) is 0 Å². The Kier molecular flexibility index (Phi) is 7.85. The zero-order valence-electron chi connectivity index (χ0n) is 16.2. The van der Waals surface area contributed by atoms with E-state index in [1.54, 1.807) is 12.1 Å². The summed E-state index contributed by atoms with van der Waals surface area (Å²) in [6.45, 7) is 9.09. The van der Waals surface area contributed by atoms with E-state index < -0.39 is 0 Å². The number of hydrazine groups is 1. The zero-order chi connectivity index (χ0) is 19.1. The Bertz CT molecular complexity index is 604. The summed E-state index contributed by atoms with van der Waals surface area (Å²) in [4.78, 5) is 12.2. The molecule has 3 atom stereocenters. The molecule has 26 heavy (non-hydrogen) atoms. The van der Waals surface area contributed by atoms with Gasteiger partial charge < -0.3 is 10.1 Å². The summed E-state index contributed by atoms with van der Waals surface area (Å²) in [6.07, 6.45) is 3.78. The second-order valence-corrected chi connectivity index (χ2v) is 7.89. The molecule has 0 aliphatic heterocycles. The number of nitrogens with one attached hydrogen (secondary N) is 3. The van der Waals surface area contributed by atoms with E-state index >= 15 is 0 Å². The molecule has 1 aliphatic rings. The van der Waals surface area contributed by atoms with Gasteiger partial charge in [-0.05, 0) is 62.0 Å². The monoisotopic (exact) mass is 377 g/mol. The van der Waals surface area contributed by atoms with Crippen molar-refractivity contribution < 1.29 is 9.53 Å². The van der Waals surface area contributed by atoms with E-state index in [-0.39, 0.29) is 12.0 Å². The van der Waals surface area contributed by atoms with Crippen molar-refractivity contribution in [3.63, 3.8) is 0 Å². The molecule has 0 bridgehead atoms. The molecule has 0 unspecified atom stereocenters. The molecule has 0 radical (unpaired) electrons. The minimum atomic E-state index is -0.212. The van der Waals surface area contributed by atoms with Gasteiger partial charge in [0.1, 0.15) is 0 Å². The van der Waals surface area contributed by atoms with Crippen LogP contribution >= 0.6 is 12.2 Å². The van der Waals surface area contributed by atoms with E-state index in [1.165, 1.54) is 12.8 Å². The molecule has 1 saturated carbocycles. The minimum Gasteiger partial charge on any atom is -0.374 e. The van der Waals surface area contributed by atoms with Crippen molar-refractivity contribution in [2.45, 2.75) is 65.7 Å². The van der Waals surface area contributed by atoms with Gasteiger partial charge in [0.15, 0.2) is 5.11 Å². The second-order valence-electron chi connectivity index (χ2n) is 7.48. The van der Waals surface area contributed by atoms with Crippen LogP contribution in [-0.4, -0.2) is 23.2 Å². The van der Waals surface area contributed by atoms with E-state index in [0.29, 0.717) is 35.2 Å². The lowest BCUT2D eigenvalue weighted by Crippen LogP contribution is -2.52. The van der Waals surface area contributed by atoms with Crippen LogP contribution in [0.3, 0.4) is 0 Å². The van der Waals surface area contributed by atoms with E-state index in [0.717, 1.165) is 12.0 Å². The topological polar surface area (TPSA) is 62.4 Å². The SMILES string of the molecule is CC(C)OCc1ccc(C(=O)NNC(=S)N[C@@H]2CCC[C@H](C)[C@H]2C)cc1. The van der Waals surface area contributed by atoms with Crippen LogP contribution in [0.15, 0.2) is 24.3 Å². The number of carbonyl (C=O) groups excluding carboxylic acids is 1. The van der Waals surface area contributed by atoms with Gasteiger partial charge in [0.05, 0.1) is 12.7 Å². The Labute approximate surface area is 162 Å². The van der Waals surface area contributed by atoms with E-state index in [4.69, 9.17) is 17.0 Å². The number of thiocarbonyl (C=S) groups is 1. The Hall–Kier alpha value is -1.66. The Balaban J connectivity index is 1.77. The third-order valence-corrected chi connectivity index (χ3v) is 5.33. The van der Waals surface area contributed by atoms with Crippen LogP contribution in [0, 0.1) is 11.8 Å². The molecule has 0 saturated heterocycles. The lowest BCUT2D eigenvalue weighted by Gasteiger charge is -2.35. The molecule has 144 valence electrons. The summed E-state index contributed by atoms with van der Waals surface area (Å²) in [5.74, 6) is 1.05. The normalized spacial score (nSPS) is 22.7. The second kappa shape index (κ2) is 9.88. The number of hydrogen-bond donors (Lipinski definition) is 3. The smallest absolute Gasteiger partial charge is 0.269 e. The molecule has 6 heteroatoms. The molecule has 1 aromatic carbocycles. The Morgan fingerprint density at radius 3 is 2.54 bits per heavy atom. The van der Waals surface area contributed by atoms with Gasteiger partial charge in [0.25, 0.3) is 5.91 Å². The van der Waals surface area contributed by atoms with Crippen molar-refractivity contribution in [1.82, 2.24) is 16.2 Å². The van der Waals surface area contributed by atoms with Gasteiger partial charge in [-0.1, -0.05) is 38.8 Å². The maximum absolute atomic E-state index is 12.2. The molecule has 1 aromatic rings. The molecule has 0 aromatic heterocycles. The third kappa shape index (κ3) is 6.25. The number of carbonyl (C=O) groups is 1. The van der Waals surface area contributed by atoms with E-state index in [1.807, 2.05) is 26.0 Å². The van der Waals surface area contributed by atoms with Crippen molar-refractivity contribution in [2.75, 3.05) is 0 Å². The van der Waals surface area contributed by atoms with Gasteiger partial charge in [-0.15, -0.1) is 0 Å². The van der Waals surface area contributed by atoms with Crippen molar-refractivity contribution in [1.29, 1.82) is 0 Å². The first-order valence-electron chi connectivity index (χ1n) is 9.44. The van der Waals surface area contributed by atoms with Crippen molar-refractivity contribution >= 4 is 23.2 Å². The van der Waals surface area contributed by atoms with E-state index in [2.05, 4.69) is 30.0 Å². The van der Waals surface area contributed by atoms with Crippen LogP contribution in [0.25, 0.3) is 0 Å². The fourth-order valence-electron chi connectivity index (χ4n) is 3.19. The number of ether oxygens (including phenoxy) is 1. The highest BCUT2D eigenvalue weighted by Crippen LogP contribution is 2.29. The van der Waals surface area contributed by atoms with Crippen LogP contribution in [0.2, 0.25) is 0 Å². The first-order chi connectivity index (χ1) is 12.4. The predicted octanol–water partition coefficient (Wildman–Crippen LogP) is 3.55. The third-order valence-electron chi connectivity index (χ3n) is 5.11. The van der Waals surface area contributed by atoms with Gasteiger partial charge in [0, 0.05) is 11.6 Å². The van der Waals surface area contributed by atoms with Crippen LogP contribution < -0.4 is 16.2 Å². The molecule has 1 aliphatic carbocycles. The van der Waals surface area contributed by atoms with Gasteiger partial charge in [0.2, 0.25) is 0 Å². The average Bonchev–Trinajstić information content (AvgIpc) is 2.62. The molecular weight excluding hydrogens is 346 g/mol. The van der Waals surface area contributed by atoms with E-state index in [9.17, 15) is 4.79 Å². The molecule has 5 nitrogen and oxygen atoms in total. The van der Waals surface area contributed by atoms with Gasteiger partial charge in [-0.25, -0.2) is 0 Å². The standard InChI is InChI=1S/C20H31N3O2S/c1-13(2)25-12-16-8-10-17(11-9-16)19(24)22-23-20(26)21-18-7-5-6-14(3)15(18)4/h8-11,13-15,18H,5-7,12H2,1-4H3,(H,22,24)(H2,21,23,26)/t14-,15+,18+/m0/s1. The maximum Gasteiger partial charge on any atom is 0.269 e. The number of benzene rings is 1. The molecule has 1 fully saturated rings. The first kappa shape index (κ1) is 20.6. The fraction of sp³-hybridized carbons (Fsp3) is 0.600. The highest BCUT2D eigenvalue weighted by molar-refractivity contribution is 7.80. The van der Waals surface area contributed by atoms with Crippen molar-refractivity contribution in [2.24, 2.45) is 11.8 Å². The molecule has 3 N–H and O–H groups in total. The molecule has 2 rings (SSSR count). The van der Waals surface area contributed by atoms with Gasteiger partial charge in [-0.3, -0.25) is 15.6 Å². The highest BCUT2D eigenvalue weighted by atomic mass is 32.1. The summed E-state index contributed by atoms with van der Waals surface area (Å²) < 4.78 is 5.56. The highest BCUT2D eigenvalue weighted by Gasteiger charge is 2.27. The number of rotatable bonds is 5. The van der Waals surface area contributed by atoms with Crippen molar-refractivity contribution in [3.05, 3.63) is 35.4 Å². The van der Waals surface area contributed by atoms with Gasteiger partial charge in [-0.2, -0.15) is 0 Å². The lowest BCUT2D eigenvalue weighted by molar-refractivity contribution is 0.0656. The molecule has 1 amide bonds. The van der Waals surface area contributed by atoms with Crippen LogP contribution in [0.1, 0.15) is 62.9 Å². The zero-order valence-corrected chi connectivity index (χ0v) is 17.0. The van der Waals surface area contributed by atoms with Crippen LogP contribution in [0.4, 0.5) is 0 Å². The molecular formula is C20H31N3O2S. The summed E-state index contributed by atoms with van der Waals surface area (Å²) in [7, 11) is 0. The number of hydrogen-bond acceptors (Lipinski definition) is 3. The minimum absolute atomic E-state index is 0.186. The quantitative estimate of drug-likeness (QED) is 0.541. The molecule has 0 heterocycles. The Morgan fingerprint density at radius 2 is 1.88 bits per heavy atom. The largest absolute Gasteiger partial charge is 0.374 e. The lowest BCUT2D eigenvalue weighted by atomic mass is 9.78. The first-order valence-corrected chi connectivity index (χ1v) is 9.85. The predicted molar refractivity (Wildman–Crippen MR) is 109 cm³/mol. The van der Waals surface area contributed by atoms with Gasteiger partial charge >= 0.3 is 0 Å². The number of amides is 1. The molecule has 0 spiro atoms. The van der Waals surface area contributed by atoms with Crippen LogP contribution in [0.5, 0.6) is 0 Å². The average molecular weight is 378 g/mol. The van der Waals surface area contributed by atoms with Crippen LogP contribution in [-0.2, 0) is 11.3 Å². The summed E-state index contributed by atoms with van der Waals surface area (Å²) in [5.41, 5.74) is 7.09. The summed E-state index contributed by atoms with van der Waals surface area (Å²) in [6, 6.07) is 7.74. The summed E-state index contributed by atoms with van der Waals surface area (Å²) >= 11 is 5.32.